The van der Waals surface area contributed by atoms with Gasteiger partial charge in [-0.25, -0.2) is 0 Å². The van der Waals surface area contributed by atoms with E-state index in [-0.39, 0.29) is 23.7 Å². The van der Waals surface area contributed by atoms with Crippen molar-refractivity contribution in [2.75, 3.05) is 12.3 Å². The number of rotatable bonds is 3. The van der Waals surface area contributed by atoms with Gasteiger partial charge in [0.25, 0.3) is 0 Å². The summed E-state index contributed by atoms with van der Waals surface area (Å²) in [6.45, 7) is 0.495. The molecule has 2 atom stereocenters. The highest BCUT2D eigenvalue weighted by Gasteiger charge is 2.44. The van der Waals surface area contributed by atoms with E-state index in [1.54, 1.807) is 0 Å². The summed E-state index contributed by atoms with van der Waals surface area (Å²) in [5.41, 5.74) is 7.47. The molecule has 19 heavy (non-hydrogen) atoms. The maximum atomic E-state index is 12.2. The first kappa shape index (κ1) is 12.2. The number of likely N-dealkylation sites (tertiary alicyclic amines) is 1. The molecule has 1 aliphatic carbocycles. The molecular weight excluding hydrogens is 240 g/mol. The molecule has 1 aromatic rings. The fourth-order valence-corrected chi connectivity index (χ4v) is 3.13. The van der Waals surface area contributed by atoms with Gasteiger partial charge < -0.3 is 5.73 Å². The van der Waals surface area contributed by atoms with Crippen LogP contribution in [0.4, 0.5) is 5.69 Å². The van der Waals surface area contributed by atoms with Gasteiger partial charge >= 0.3 is 0 Å². The third-order valence-corrected chi connectivity index (χ3v) is 4.27. The van der Waals surface area contributed by atoms with E-state index in [2.05, 4.69) is 0 Å². The van der Waals surface area contributed by atoms with Crippen molar-refractivity contribution in [1.29, 1.82) is 0 Å². The SMILES string of the molecule is Nc1ccc(CCN2C(=O)C3CCC(C3)C2=O)cc1. The summed E-state index contributed by atoms with van der Waals surface area (Å²) in [7, 11) is 0. The van der Waals surface area contributed by atoms with E-state index < -0.39 is 0 Å². The molecule has 1 saturated heterocycles. The Morgan fingerprint density at radius 2 is 1.63 bits per heavy atom. The molecule has 2 unspecified atom stereocenters. The van der Waals surface area contributed by atoms with Crippen molar-refractivity contribution in [3.05, 3.63) is 29.8 Å². The first-order valence-corrected chi connectivity index (χ1v) is 6.85. The standard InChI is InChI=1S/C15H18N2O2/c16-13-5-1-10(2-6-13)7-8-17-14(18)11-3-4-12(9-11)15(17)19/h1-2,5-6,11-12H,3-4,7-9,16H2. The topological polar surface area (TPSA) is 63.4 Å². The molecule has 2 fully saturated rings. The molecule has 2 amide bonds. The zero-order valence-corrected chi connectivity index (χ0v) is 10.8. The zero-order chi connectivity index (χ0) is 13.4. The lowest BCUT2D eigenvalue weighted by Crippen LogP contribution is -2.47. The van der Waals surface area contributed by atoms with Crippen molar-refractivity contribution in [2.45, 2.75) is 25.7 Å². The van der Waals surface area contributed by atoms with E-state index >= 15 is 0 Å². The number of nitrogens with zero attached hydrogens (tertiary/aromatic N) is 1. The number of amides is 2. The van der Waals surface area contributed by atoms with Crippen LogP contribution in [0.15, 0.2) is 24.3 Å². The highest BCUT2D eigenvalue weighted by Crippen LogP contribution is 2.38. The molecule has 1 saturated carbocycles. The van der Waals surface area contributed by atoms with Crippen LogP contribution in [-0.2, 0) is 16.0 Å². The highest BCUT2D eigenvalue weighted by molar-refractivity contribution is 6.00. The van der Waals surface area contributed by atoms with Crippen molar-refractivity contribution >= 4 is 17.5 Å². The average Bonchev–Trinajstić information content (AvgIpc) is 2.86. The Morgan fingerprint density at radius 1 is 1.05 bits per heavy atom. The van der Waals surface area contributed by atoms with Crippen molar-refractivity contribution in [1.82, 2.24) is 4.90 Å². The number of fused-ring (bicyclic) bond motifs is 2. The third-order valence-electron chi connectivity index (χ3n) is 4.27. The van der Waals surface area contributed by atoms with Crippen molar-refractivity contribution in [3.8, 4) is 0 Å². The van der Waals surface area contributed by atoms with Gasteiger partial charge in [0.1, 0.15) is 0 Å². The fraction of sp³-hybridized carbons (Fsp3) is 0.467. The van der Waals surface area contributed by atoms with Gasteiger partial charge in [-0.2, -0.15) is 0 Å². The van der Waals surface area contributed by atoms with Gasteiger partial charge in [0, 0.05) is 24.1 Å². The Kier molecular flexibility index (Phi) is 3.01. The first-order chi connectivity index (χ1) is 9.15. The van der Waals surface area contributed by atoms with Gasteiger partial charge in [0.05, 0.1) is 0 Å². The first-order valence-electron chi connectivity index (χ1n) is 6.85. The Bertz CT molecular complexity index is 487. The number of piperidine rings is 1. The van der Waals surface area contributed by atoms with E-state index in [1.165, 1.54) is 4.90 Å². The van der Waals surface area contributed by atoms with Crippen LogP contribution in [0.2, 0.25) is 0 Å². The predicted molar refractivity (Wildman–Crippen MR) is 72.1 cm³/mol. The Hall–Kier alpha value is -1.84. The molecule has 4 nitrogen and oxygen atoms in total. The lowest BCUT2D eigenvalue weighted by Gasteiger charge is -2.29. The minimum Gasteiger partial charge on any atom is -0.399 e. The largest absolute Gasteiger partial charge is 0.399 e. The average molecular weight is 258 g/mol. The molecule has 1 heterocycles. The number of hydrogen-bond acceptors (Lipinski definition) is 3. The van der Waals surface area contributed by atoms with Gasteiger partial charge in [-0.15, -0.1) is 0 Å². The van der Waals surface area contributed by atoms with E-state index in [0.717, 1.165) is 30.5 Å². The number of imide groups is 1. The van der Waals surface area contributed by atoms with Gasteiger partial charge in [-0.1, -0.05) is 12.1 Å². The van der Waals surface area contributed by atoms with Gasteiger partial charge in [0.15, 0.2) is 0 Å². The van der Waals surface area contributed by atoms with E-state index in [9.17, 15) is 9.59 Å². The van der Waals surface area contributed by atoms with Crippen LogP contribution in [0.3, 0.4) is 0 Å². The molecule has 0 aromatic heterocycles. The monoisotopic (exact) mass is 258 g/mol. The summed E-state index contributed by atoms with van der Waals surface area (Å²) in [5.74, 6) is 0.256. The molecule has 100 valence electrons. The molecule has 2 N–H and O–H groups in total. The normalized spacial score (nSPS) is 26.0. The second kappa shape index (κ2) is 4.68. The molecule has 2 aliphatic rings. The number of anilines is 1. The maximum Gasteiger partial charge on any atom is 0.232 e. The van der Waals surface area contributed by atoms with Crippen molar-refractivity contribution in [3.63, 3.8) is 0 Å². The van der Waals surface area contributed by atoms with Crippen LogP contribution in [0, 0.1) is 11.8 Å². The van der Waals surface area contributed by atoms with Crippen LogP contribution in [0.1, 0.15) is 24.8 Å². The fourth-order valence-electron chi connectivity index (χ4n) is 3.13. The number of hydrogen-bond donors (Lipinski definition) is 1. The van der Waals surface area contributed by atoms with Crippen LogP contribution in [0.5, 0.6) is 0 Å². The molecule has 0 spiro atoms. The minimum absolute atomic E-state index is 0.0363. The number of carbonyl (C=O) groups excluding carboxylic acids is 2. The molecule has 0 radical (unpaired) electrons. The summed E-state index contributed by atoms with van der Waals surface area (Å²) in [6, 6.07) is 7.59. The Balaban J connectivity index is 1.67. The molecule has 4 heteroatoms. The Labute approximate surface area is 112 Å². The van der Waals surface area contributed by atoms with Crippen LogP contribution in [0.25, 0.3) is 0 Å². The van der Waals surface area contributed by atoms with Gasteiger partial charge in [-0.3, -0.25) is 14.5 Å². The van der Waals surface area contributed by atoms with E-state index in [0.29, 0.717) is 13.0 Å². The van der Waals surface area contributed by atoms with Crippen LogP contribution < -0.4 is 5.73 Å². The summed E-state index contributed by atoms with van der Waals surface area (Å²) in [6.07, 6.45) is 3.24. The Morgan fingerprint density at radius 3 is 2.21 bits per heavy atom. The number of nitrogen functional groups attached to an aromatic ring is 1. The number of carbonyl (C=O) groups is 2. The van der Waals surface area contributed by atoms with Crippen LogP contribution >= 0.6 is 0 Å². The smallest absolute Gasteiger partial charge is 0.232 e. The zero-order valence-electron chi connectivity index (χ0n) is 10.8. The lowest BCUT2D eigenvalue weighted by atomic mass is 9.96. The van der Waals surface area contributed by atoms with E-state index in [4.69, 9.17) is 5.73 Å². The second-order valence-corrected chi connectivity index (χ2v) is 5.53. The summed E-state index contributed by atoms with van der Waals surface area (Å²) >= 11 is 0. The molecule has 2 bridgehead atoms. The van der Waals surface area contributed by atoms with Crippen molar-refractivity contribution in [2.24, 2.45) is 11.8 Å². The molecule has 3 rings (SSSR count). The van der Waals surface area contributed by atoms with E-state index in [1.807, 2.05) is 24.3 Å². The minimum atomic E-state index is 0.0363. The maximum absolute atomic E-state index is 12.2. The number of benzene rings is 1. The predicted octanol–water partition coefficient (Wildman–Crippen LogP) is 1.60. The number of nitrogens with two attached hydrogens (primary N) is 1. The summed E-state index contributed by atoms with van der Waals surface area (Å²) < 4.78 is 0. The van der Waals surface area contributed by atoms with Crippen molar-refractivity contribution < 1.29 is 9.59 Å². The molecule has 1 aromatic carbocycles. The third kappa shape index (κ3) is 2.23. The highest BCUT2D eigenvalue weighted by atomic mass is 16.2. The summed E-state index contributed by atoms with van der Waals surface area (Å²) in [5, 5.41) is 0. The quantitative estimate of drug-likeness (QED) is 0.661. The molecule has 1 aliphatic heterocycles. The summed E-state index contributed by atoms with van der Waals surface area (Å²) in [4.78, 5) is 25.8. The lowest BCUT2D eigenvalue weighted by molar-refractivity contribution is -0.152. The van der Waals surface area contributed by atoms with Gasteiger partial charge in [-0.05, 0) is 43.4 Å². The van der Waals surface area contributed by atoms with Crippen LogP contribution in [-0.4, -0.2) is 23.3 Å². The van der Waals surface area contributed by atoms with Gasteiger partial charge in [0.2, 0.25) is 11.8 Å². The second-order valence-electron chi connectivity index (χ2n) is 5.53. The molecular formula is C15H18N2O2.